The van der Waals surface area contributed by atoms with Crippen LogP contribution in [0.15, 0.2) is 12.7 Å². The number of anilines is 2. The molecule has 0 aromatic carbocycles. The molecule has 2 rings (SSSR count). The van der Waals surface area contributed by atoms with Gasteiger partial charge in [0.25, 0.3) is 0 Å². The number of nitrogens with zero attached hydrogens (tertiary/aromatic N) is 5. The Kier molecular flexibility index (Phi) is 4.89. The number of nitrogens with two attached hydrogens (primary N) is 1. The largest absolute Gasteiger partial charge is 0.368 e. The molecule has 1 fully saturated rings. The van der Waals surface area contributed by atoms with Gasteiger partial charge in [0.15, 0.2) is 0 Å². The summed E-state index contributed by atoms with van der Waals surface area (Å²) < 4.78 is 0. The van der Waals surface area contributed by atoms with E-state index in [2.05, 4.69) is 26.4 Å². The van der Waals surface area contributed by atoms with Gasteiger partial charge in [-0.05, 0) is 12.8 Å². The summed E-state index contributed by atoms with van der Waals surface area (Å²) in [7, 11) is 3.80. The molecule has 0 unspecified atom stereocenters. The first-order chi connectivity index (χ1) is 9.60. The maximum Gasteiger partial charge on any atom is 0.229 e. The molecule has 0 spiro atoms. The molecule has 1 aromatic heterocycles. The standard InChI is InChI=1S/C14H24N6/c1-4-9-20(11-7-5-6-8-11)10-12-16-13(15)18-14(17-12)19(2)3/h4,11H,1,5-10H2,2-3H3,(H2,15,16,17,18). The van der Waals surface area contributed by atoms with E-state index in [1.54, 1.807) is 0 Å². The van der Waals surface area contributed by atoms with Crippen molar-refractivity contribution < 1.29 is 0 Å². The van der Waals surface area contributed by atoms with Crippen LogP contribution < -0.4 is 10.6 Å². The second kappa shape index (κ2) is 6.65. The summed E-state index contributed by atoms with van der Waals surface area (Å²) in [5, 5.41) is 0. The van der Waals surface area contributed by atoms with Crippen molar-refractivity contribution in [1.82, 2.24) is 19.9 Å². The molecule has 1 heterocycles. The van der Waals surface area contributed by atoms with Gasteiger partial charge >= 0.3 is 0 Å². The molecule has 0 saturated heterocycles. The molecular weight excluding hydrogens is 252 g/mol. The van der Waals surface area contributed by atoms with Crippen molar-refractivity contribution in [3.63, 3.8) is 0 Å². The first-order valence-electron chi connectivity index (χ1n) is 7.13. The van der Waals surface area contributed by atoms with Gasteiger partial charge in [-0.25, -0.2) is 0 Å². The van der Waals surface area contributed by atoms with Crippen LogP contribution in [-0.2, 0) is 6.54 Å². The second-order valence-corrected chi connectivity index (χ2v) is 5.46. The minimum atomic E-state index is 0.281. The van der Waals surface area contributed by atoms with Crippen LogP contribution >= 0.6 is 0 Å². The van der Waals surface area contributed by atoms with Crippen LogP contribution in [0.25, 0.3) is 0 Å². The van der Waals surface area contributed by atoms with Crippen molar-refractivity contribution in [2.45, 2.75) is 38.3 Å². The summed E-state index contributed by atoms with van der Waals surface area (Å²) in [5.74, 6) is 1.62. The van der Waals surface area contributed by atoms with Crippen LogP contribution in [0, 0.1) is 0 Å². The van der Waals surface area contributed by atoms with Crippen molar-refractivity contribution in [3.8, 4) is 0 Å². The Morgan fingerprint density at radius 2 is 1.95 bits per heavy atom. The molecule has 1 saturated carbocycles. The van der Waals surface area contributed by atoms with Gasteiger partial charge in [-0.3, -0.25) is 4.90 Å². The van der Waals surface area contributed by atoms with Gasteiger partial charge in [-0.2, -0.15) is 15.0 Å². The van der Waals surface area contributed by atoms with E-state index in [1.165, 1.54) is 25.7 Å². The average Bonchev–Trinajstić information content (AvgIpc) is 2.91. The van der Waals surface area contributed by atoms with Crippen molar-refractivity contribution in [1.29, 1.82) is 0 Å². The first-order valence-corrected chi connectivity index (χ1v) is 7.13. The predicted octanol–water partition coefficient (Wildman–Crippen LogP) is 1.45. The third kappa shape index (κ3) is 3.66. The smallest absolute Gasteiger partial charge is 0.229 e. The molecule has 1 aromatic rings. The Labute approximate surface area is 120 Å². The van der Waals surface area contributed by atoms with Crippen LogP contribution in [-0.4, -0.2) is 46.5 Å². The quantitative estimate of drug-likeness (QED) is 0.793. The predicted molar refractivity (Wildman–Crippen MR) is 81.4 cm³/mol. The van der Waals surface area contributed by atoms with Crippen molar-refractivity contribution >= 4 is 11.9 Å². The molecule has 0 amide bonds. The van der Waals surface area contributed by atoms with Crippen LogP contribution in [0.1, 0.15) is 31.5 Å². The van der Waals surface area contributed by atoms with Crippen molar-refractivity contribution in [3.05, 3.63) is 18.5 Å². The molecule has 20 heavy (non-hydrogen) atoms. The Hall–Kier alpha value is -1.69. The number of aromatic nitrogens is 3. The van der Waals surface area contributed by atoms with E-state index in [-0.39, 0.29) is 5.95 Å². The van der Waals surface area contributed by atoms with E-state index in [0.717, 1.165) is 12.4 Å². The SMILES string of the molecule is C=CCN(Cc1nc(N)nc(N(C)C)n1)C1CCCC1. The molecule has 0 radical (unpaired) electrons. The lowest BCUT2D eigenvalue weighted by molar-refractivity contribution is 0.206. The minimum absolute atomic E-state index is 0.281. The summed E-state index contributed by atoms with van der Waals surface area (Å²) >= 11 is 0. The highest BCUT2D eigenvalue weighted by Gasteiger charge is 2.22. The molecule has 0 bridgehead atoms. The van der Waals surface area contributed by atoms with Gasteiger partial charge in [-0.15, -0.1) is 6.58 Å². The van der Waals surface area contributed by atoms with E-state index in [1.807, 2.05) is 25.1 Å². The second-order valence-electron chi connectivity index (χ2n) is 5.46. The molecule has 0 atom stereocenters. The highest BCUT2D eigenvalue weighted by atomic mass is 15.3. The fourth-order valence-electron chi connectivity index (χ4n) is 2.66. The van der Waals surface area contributed by atoms with Gasteiger partial charge in [0.05, 0.1) is 6.54 Å². The van der Waals surface area contributed by atoms with E-state index in [9.17, 15) is 0 Å². The lowest BCUT2D eigenvalue weighted by Gasteiger charge is -2.27. The van der Waals surface area contributed by atoms with Crippen LogP contribution in [0.4, 0.5) is 11.9 Å². The number of hydrogen-bond donors (Lipinski definition) is 1. The lowest BCUT2D eigenvalue weighted by Crippen LogP contribution is -2.34. The third-order valence-electron chi connectivity index (χ3n) is 3.64. The van der Waals surface area contributed by atoms with E-state index < -0.39 is 0 Å². The van der Waals surface area contributed by atoms with Crippen LogP contribution in [0.2, 0.25) is 0 Å². The fourth-order valence-corrected chi connectivity index (χ4v) is 2.66. The van der Waals surface area contributed by atoms with Crippen LogP contribution in [0.3, 0.4) is 0 Å². The zero-order valence-electron chi connectivity index (χ0n) is 12.4. The summed E-state index contributed by atoms with van der Waals surface area (Å²) in [5.41, 5.74) is 5.77. The number of rotatable bonds is 6. The Bertz CT molecular complexity index is 453. The lowest BCUT2D eigenvalue weighted by atomic mass is 10.2. The van der Waals surface area contributed by atoms with E-state index >= 15 is 0 Å². The maximum atomic E-state index is 5.77. The topological polar surface area (TPSA) is 71.2 Å². The van der Waals surface area contributed by atoms with Crippen LogP contribution in [0.5, 0.6) is 0 Å². The summed E-state index contributed by atoms with van der Waals surface area (Å²) in [6, 6.07) is 0.605. The summed E-state index contributed by atoms with van der Waals surface area (Å²) in [4.78, 5) is 17.1. The van der Waals surface area contributed by atoms with Gasteiger partial charge in [0.2, 0.25) is 11.9 Å². The molecule has 6 nitrogen and oxygen atoms in total. The molecule has 1 aliphatic carbocycles. The van der Waals surface area contributed by atoms with Gasteiger partial charge in [-0.1, -0.05) is 18.9 Å². The third-order valence-corrected chi connectivity index (χ3v) is 3.64. The van der Waals surface area contributed by atoms with Crippen molar-refractivity contribution in [2.24, 2.45) is 0 Å². The maximum absolute atomic E-state index is 5.77. The summed E-state index contributed by atoms with van der Waals surface area (Å²) in [6.45, 7) is 5.40. The van der Waals surface area contributed by atoms with E-state index in [4.69, 9.17) is 5.73 Å². The van der Waals surface area contributed by atoms with Gasteiger partial charge < -0.3 is 10.6 Å². The molecule has 0 aliphatic heterocycles. The number of nitrogen functional groups attached to an aromatic ring is 1. The van der Waals surface area contributed by atoms with Gasteiger partial charge in [0.1, 0.15) is 5.82 Å². The first kappa shape index (κ1) is 14.7. The zero-order valence-corrected chi connectivity index (χ0v) is 12.4. The molecular formula is C14H24N6. The van der Waals surface area contributed by atoms with Gasteiger partial charge in [0, 0.05) is 26.7 Å². The fraction of sp³-hybridized carbons (Fsp3) is 0.643. The van der Waals surface area contributed by atoms with Crippen molar-refractivity contribution in [2.75, 3.05) is 31.3 Å². The highest BCUT2D eigenvalue weighted by Crippen LogP contribution is 2.24. The summed E-state index contributed by atoms with van der Waals surface area (Å²) in [6.07, 6.45) is 7.04. The molecule has 6 heteroatoms. The normalized spacial score (nSPS) is 15.8. The van der Waals surface area contributed by atoms with E-state index in [0.29, 0.717) is 18.5 Å². The zero-order chi connectivity index (χ0) is 14.5. The average molecular weight is 276 g/mol. The number of hydrogen-bond acceptors (Lipinski definition) is 6. The molecule has 1 aliphatic rings. The Balaban J connectivity index is 2.14. The monoisotopic (exact) mass is 276 g/mol. The Morgan fingerprint density at radius 3 is 2.55 bits per heavy atom. The highest BCUT2D eigenvalue weighted by molar-refractivity contribution is 5.32. The molecule has 110 valence electrons. The minimum Gasteiger partial charge on any atom is -0.368 e. The molecule has 2 N–H and O–H groups in total. The Morgan fingerprint density at radius 1 is 1.25 bits per heavy atom.